The maximum Gasteiger partial charge on any atom is 0.242 e. The average Bonchev–Trinajstić information content (AvgIpc) is 2.15. The van der Waals surface area contributed by atoms with Crippen molar-refractivity contribution in [1.82, 2.24) is 4.72 Å². The minimum atomic E-state index is -3.66. The van der Waals surface area contributed by atoms with E-state index in [0.29, 0.717) is 11.4 Å². The number of rotatable bonds is 5. The van der Waals surface area contributed by atoms with Gasteiger partial charge in [0, 0.05) is 11.6 Å². The molecule has 0 saturated carbocycles. The molecular formula is C10H13Cl2NO3S. The molecule has 7 heteroatoms. The van der Waals surface area contributed by atoms with Gasteiger partial charge >= 0.3 is 0 Å². The number of hydrogen-bond acceptors (Lipinski definition) is 3. The van der Waals surface area contributed by atoms with Crippen LogP contribution in [0.25, 0.3) is 0 Å². The molecule has 1 aromatic carbocycles. The number of aliphatic hydroxyl groups excluding tert-OH is 1. The van der Waals surface area contributed by atoms with Gasteiger partial charge in [0.15, 0.2) is 0 Å². The normalized spacial score (nSPS) is 13.6. The predicted molar refractivity (Wildman–Crippen MR) is 67.9 cm³/mol. The molecule has 0 heterocycles. The summed E-state index contributed by atoms with van der Waals surface area (Å²) in [5.74, 6) is 0. The second-order valence-electron chi connectivity index (χ2n) is 3.61. The van der Waals surface area contributed by atoms with Gasteiger partial charge in [-0.2, -0.15) is 0 Å². The van der Waals surface area contributed by atoms with Crippen molar-refractivity contribution in [1.29, 1.82) is 0 Å². The van der Waals surface area contributed by atoms with Crippen LogP contribution in [0.5, 0.6) is 0 Å². The van der Waals surface area contributed by atoms with Crippen LogP contribution in [0.1, 0.15) is 13.3 Å². The Morgan fingerprint density at radius 1 is 1.41 bits per heavy atom. The van der Waals surface area contributed by atoms with Crippen molar-refractivity contribution in [3.63, 3.8) is 0 Å². The Hall–Kier alpha value is -0.330. The Kier molecular flexibility index (Phi) is 5.22. The predicted octanol–water partition coefficient (Wildman–Crippen LogP) is 2.04. The van der Waals surface area contributed by atoms with Crippen LogP contribution >= 0.6 is 23.2 Å². The van der Waals surface area contributed by atoms with Crippen LogP contribution in [-0.2, 0) is 10.0 Å². The van der Waals surface area contributed by atoms with Gasteiger partial charge in [0.25, 0.3) is 0 Å². The topological polar surface area (TPSA) is 66.4 Å². The summed E-state index contributed by atoms with van der Waals surface area (Å²) in [5.41, 5.74) is 0. The molecule has 1 rings (SSSR count). The average molecular weight is 298 g/mol. The number of aliphatic hydroxyl groups is 1. The lowest BCUT2D eigenvalue weighted by Crippen LogP contribution is -2.27. The summed E-state index contributed by atoms with van der Waals surface area (Å²) < 4.78 is 26.0. The molecular weight excluding hydrogens is 285 g/mol. The molecule has 96 valence electrons. The first kappa shape index (κ1) is 14.7. The molecule has 0 radical (unpaired) electrons. The maximum atomic E-state index is 11.8. The number of hydrogen-bond donors (Lipinski definition) is 2. The van der Waals surface area contributed by atoms with E-state index in [4.69, 9.17) is 28.3 Å². The Balaban J connectivity index is 2.83. The van der Waals surface area contributed by atoms with Gasteiger partial charge in [-0.05, 0) is 31.5 Å². The van der Waals surface area contributed by atoms with Gasteiger partial charge < -0.3 is 5.11 Å². The lowest BCUT2D eigenvalue weighted by molar-refractivity contribution is 0.186. The highest BCUT2D eigenvalue weighted by Crippen LogP contribution is 2.24. The van der Waals surface area contributed by atoms with E-state index in [0.717, 1.165) is 0 Å². The second kappa shape index (κ2) is 6.02. The standard InChI is InChI=1S/C10H13Cl2NO3S/c1-7(14)4-5-13-17(15,16)10-3-2-8(11)6-9(10)12/h2-3,6-7,13-14H,4-5H2,1H3/t7-/m0/s1. The molecule has 0 aliphatic carbocycles. The van der Waals surface area contributed by atoms with Crippen LogP contribution in [-0.4, -0.2) is 26.2 Å². The van der Waals surface area contributed by atoms with Crippen LogP contribution in [0, 0.1) is 0 Å². The van der Waals surface area contributed by atoms with E-state index in [1.165, 1.54) is 18.2 Å². The first-order valence-corrected chi connectivity index (χ1v) is 7.19. The van der Waals surface area contributed by atoms with Crippen molar-refractivity contribution in [2.75, 3.05) is 6.54 Å². The van der Waals surface area contributed by atoms with E-state index < -0.39 is 16.1 Å². The fraction of sp³-hybridized carbons (Fsp3) is 0.400. The van der Waals surface area contributed by atoms with E-state index in [-0.39, 0.29) is 16.5 Å². The monoisotopic (exact) mass is 297 g/mol. The minimum absolute atomic E-state index is 0.0193. The molecule has 1 aromatic rings. The quantitative estimate of drug-likeness (QED) is 0.874. The van der Waals surface area contributed by atoms with Crippen LogP contribution in [0.2, 0.25) is 10.0 Å². The lowest BCUT2D eigenvalue weighted by Gasteiger charge is -2.09. The van der Waals surface area contributed by atoms with Gasteiger partial charge in [-0.3, -0.25) is 0 Å². The maximum absolute atomic E-state index is 11.8. The second-order valence-corrected chi connectivity index (χ2v) is 6.19. The largest absolute Gasteiger partial charge is 0.393 e. The Bertz CT molecular complexity index is 488. The summed E-state index contributed by atoms with van der Waals surface area (Å²) in [7, 11) is -3.66. The van der Waals surface area contributed by atoms with Crippen LogP contribution in [0.3, 0.4) is 0 Å². The summed E-state index contributed by atoms with van der Waals surface area (Å²) in [4.78, 5) is -0.0193. The molecule has 0 bridgehead atoms. The Labute approximate surface area is 111 Å². The fourth-order valence-electron chi connectivity index (χ4n) is 1.17. The lowest BCUT2D eigenvalue weighted by atomic mass is 10.3. The molecule has 0 fully saturated rings. The fourth-order valence-corrected chi connectivity index (χ4v) is 2.99. The SMILES string of the molecule is C[C@H](O)CCNS(=O)(=O)c1ccc(Cl)cc1Cl. The van der Waals surface area contributed by atoms with Crippen LogP contribution < -0.4 is 4.72 Å². The first-order chi connectivity index (χ1) is 7.83. The molecule has 1 atom stereocenters. The molecule has 0 amide bonds. The molecule has 0 unspecified atom stereocenters. The molecule has 0 aliphatic rings. The number of sulfonamides is 1. The Morgan fingerprint density at radius 2 is 2.06 bits per heavy atom. The Morgan fingerprint density at radius 3 is 2.59 bits per heavy atom. The van der Waals surface area contributed by atoms with E-state index in [9.17, 15) is 8.42 Å². The summed E-state index contributed by atoms with van der Waals surface area (Å²) in [6.45, 7) is 1.74. The highest BCUT2D eigenvalue weighted by atomic mass is 35.5. The summed E-state index contributed by atoms with van der Waals surface area (Å²) in [6, 6.07) is 4.17. The van der Waals surface area contributed by atoms with Crippen molar-refractivity contribution in [3.05, 3.63) is 28.2 Å². The minimum Gasteiger partial charge on any atom is -0.393 e. The van der Waals surface area contributed by atoms with Crippen molar-refractivity contribution < 1.29 is 13.5 Å². The molecule has 2 N–H and O–H groups in total. The molecule has 0 aliphatic heterocycles. The van der Waals surface area contributed by atoms with Crippen molar-refractivity contribution in [3.8, 4) is 0 Å². The highest BCUT2D eigenvalue weighted by molar-refractivity contribution is 7.89. The van der Waals surface area contributed by atoms with Gasteiger partial charge in [0.05, 0.1) is 11.1 Å². The number of nitrogens with one attached hydrogen (secondary N) is 1. The van der Waals surface area contributed by atoms with Crippen molar-refractivity contribution in [2.45, 2.75) is 24.3 Å². The first-order valence-electron chi connectivity index (χ1n) is 4.95. The van der Waals surface area contributed by atoms with Gasteiger partial charge in [0.2, 0.25) is 10.0 Å². The molecule has 4 nitrogen and oxygen atoms in total. The molecule has 0 aromatic heterocycles. The van der Waals surface area contributed by atoms with E-state index in [1.54, 1.807) is 6.92 Å². The third-order valence-electron chi connectivity index (χ3n) is 2.04. The van der Waals surface area contributed by atoms with Gasteiger partial charge in [-0.25, -0.2) is 13.1 Å². The smallest absolute Gasteiger partial charge is 0.242 e. The number of benzene rings is 1. The zero-order valence-corrected chi connectivity index (χ0v) is 11.5. The third-order valence-corrected chi connectivity index (χ3v) is 4.22. The van der Waals surface area contributed by atoms with Crippen LogP contribution in [0.4, 0.5) is 0 Å². The summed E-state index contributed by atoms with van der Waals surface area (Å²) >= 11 is 11.5. The zero-order valence-electron chi connectivity index (χ0n) is 9.15. The van der Waals surface area contributed by atoms with E-state index in [1.807, 2.05) is 0 Å². The zero-order chi connectivity index (χ0) is 13.1. The highest BCUT2D eigenvalue weighted by Gasteiger charge is 2.17. The number of halogens is 2. The molecule has 17 heavy (non-hydrogen) atoms. The van der Waals surface area contributed by atoms with E-state index in [2.05, 4.69) is 4.72 Å². The van der Waals surface area contributed by atoms with Gasteiger partial charge in [-0.1, -0.05) is 23.2 Å². The third kappa shape index (κ3) is 4.44. The van der Waals surface area contributed by atoms with Crippen molar-refractivity contribution in [2.24, 2.45) is 0 Å². The van der Waals surface area contributed by atoms with Crippen molar-refractivity contribution >= 4 is 33.2 Å². The summed E-state index contributed by atoms with van der Waals surface area (Å²) in [6.07, 6.45) is -0.219. The summed E-state index contributed by atoms with van der Waals surface area (Å²) in [5, 5.41) is 9.48. The van der Waals surface area contributed by atoms with E-state index >= 15 is 0 Å². The molecule has 0 saturated heterocycles. The van der Waals surface area contributed by atoms with Gasteiger partial charge in [-0.15, -0.1) is 0 Å². The van der Waals surface area contributed by atoms with Gasteiger partial charge in [0.1, 0.15) is 4.90 Å². The van der Waals surface area contributed by atoms with Crippen LogP contribution in [0.15, 0.2) is 23.1 Å². The molecule has 0 spiro atoms.